The third-order valence-corrected chi connectivity index (χ3v) is 6.50. The highest BCUT2D eigenvalue weighted by Gasteiger charge is 2.28. The summed E-state index contributed by atoms with van der Waals surface area (Å²) in [7, 11) is 1.30. The molecular weight excluding hydrogens is 658 g/mol. The highest BCUT2D eigenvalue weighted by Crippen LogP contribution is 2.30. The molecule has 3 rings (SSSR count). The van der Waals surface area contributed by atoms with Crippen molar-refractivity contribution >= 4 is 30.1 Å². The molecule has 0 saturated heterocycles. The van der Waals surface area contributed by atoms with Gasteiger partial charge in [0.25, 0.3) is 0 Å². The lowest BCUT2D eigenvalue weighted by molar-refractivity contribution is -0.155. The number of rotatable bonds is 9. The average Bonchev–Trinajstić information content (AvgIpc) is 3.00. The van der Waals surface area contributed by atoms with E-state index in [0.29, 0.717) is 28.1 Å². The van der Waals surface area contributed by atoms with Crippen molar-refractivity contribution in [1.82, 2.24) is 14.9 Å². The third kappa shape index (κ3) is 13.4. The molecule has 51 heavy (non-hydrogen) atoms. The SMILES string of the molecule is COC(=O)c1ccc(C(CC(=O)OC(C)(C)C)c2ccnc(Oc3ccc(CN(C(=O)OC(C)(C)C)C(N)=NC(=O)OC(C)(C)C)cc3)n2)cc1. The molecule has 0 spiro atoms. The van der Waals surface area contributed by atoms with Gasteiger partial charge in [0.2, 0.25) is 5.96 Å². The number of nitrogens with two attached hydrogens (primary N) is 1. The number of guanidine groups is 1. The van der Waals surface area contributed by atoms with Crippen molar-refractivity contribution in [3.05, 3.63) is 83.2 Å². The van der Waals surface area contributed by atoms with Crippen LogP contribution in [0.25, 0.3) is 0 Å². The zero-order valence-electron chi connectivity index (χ0n) is 30.8. The van der Waals surface area contributed by atoms with Crippen molar-refractivity contribution in [2.75, 3.05) is 7.11 Å². The molecule has 14 nitrogen and oxygen atoms in total. The van der Waals surface area contributed by atoms with E-state index in [9.17, 15) is 19.2 Å². The predicted octanol–water partition coefficient (Wildman–Crippen LogP) is 6.91. The lowest BCUT2D eigenvalue weighted by atomic mass is 9.91. The minimum Gasteiger partial charge on any atom is -0.465 e. The number of hydrogen-bond donors (Lipinski definition) is 1. The van der Waals surface area contributed by atoms with Crippen LogP contribution in [0.2, 0.25) is 0 Å². The van der Waals surface area contributed by atoms with E-state index < -0.39 is 52.8 Å². The minimum atomic E-state index is -0.953. The predicted molar refractivity (Wildman–Crippen MR) is 188 cm³/mol. The Morgan fingerprint density at radius 3 is 1.94 bits per heavy atom. The summed E-state index contributed by atoms with van der Waals surface area (Å²) in [5, 5.41) is 0. The number of hydrogen-bond acceptors (Lipinski definition) is 11. The number of esters is 2. The van der Waals surface area contributed by atoms with E-state index in [2.05, 4.69) is 15.0 Å². The number of aromatic nitrogens is 2. The standard InChI is InChI=1S/C37H47N5O9/c1-35(2,3)49-29(43)21-27(24-13-15-25(16-14-24)30(44)47-10)28-19-20-39-32(40-28)48-26-17-11-23(12-18-26)22-42(34(46)51-37(7,8)9)31(38)41-33(45)50-36(4,5)6/h11-20,27H,21-22H2,1-10H3,(H2,38,41,45). The number of methoxy groups -OCH3 is 1. The summed E-state index contributed by atoms with van der Waals surface area (Å²) in [6, 6.07) is 15.0. The Morgan fingerprint density at radius 2 is 1.39 bits per heavy atom. The quantitative estimate of drug-likeness (QED) is 0.105. The van der Waals surface area contributed by atoms with Crippen molar-refractivity contribution in [2.24, 2.45) is 10.7 Å². The average molecular weight is 706 g/mol. The Morgan fingerprint density at radius 1 is 0.804 bits per heavy atom. The van der Waals surface area contributed by atoms with Crippen molar-refractivity contribution in [1.29, 1.82) is 0 Å². The molecular formula is C37H47N5O9. The molecule has 274 valence electrons. The largest absolute Gasteiger partial charge is 0.465 e. The third-order valence-electron chi connectivity index (χ3n) is 6.50. The van der Waals surface area contributed by atoms with Gasteiger partial charge in [0.15, 0.2) is 0 Å². The zero-order valence-corrected chi connectivity index (χ0v) is 30.8. The maximum absolute atomic E-state index is 13.1. The van der Waals surface area contributed by atoms with Crippen LogP contribution < -0.4 is 10.5 Å². The number of benzene rings is 2. The summed E-state index contributed by atoms with van der Waals surface area (Å²) in [6.07, 6.45) is -0.276. The monoisotopic (exact) mass is 705 g/mol. The Kier molecular flexibility index (Phi) is 12.9. The van der Waals surface area contributed by atoms with E-state index in [0.717, 1.165) is 4.90 Å². The summed E-state index contributed by atoms with van der Waals surface area (Å²) >= 11 is 0. The molecule has 0 radical (unpaired) electrons. The molecule has 2 aromatic carbocycles. The molecule has 0 bridgehead atoms. The van der Waals surface area contributed by atoms with Crippen molar-refractivity contribution < 1.29 is 42.9 Å². The van der Waals surface area contributed by atoms with E-state index in [1.807, 2.05) is 0 Å². The fourth-order valence-corrected chi connectivity index (χ4v) is 4.46. The van der Waals surface area contributed by atoms with Crippen LogP contribution in [0.15, 0.2) is 65.8 Å². The Hall–Kier alpha value is -5.53. The summed E-state index contributed by atoms with van der Waals surface area (Å²) in [6.45, 7) is 15.4. The van der Waals surface area contributed by atoms with Crippen LogP contribution in [-0.4, -0.2) is 68.9 Å². The number of ether oxygens (including phenoxy) is 5. The lowest BCUT2D eigenvalue weighted by Gasteiger charge is -2.27. The molecule has 0 saturated carbocycles. The van der Waals surface area contributed by atoms with Gasteiger partial charge >= 0.3 is 30.1 Å². The first-order chi connectivity index (χ1) is 23.6. The number of amides is 2. The van der Waals surface area contributed by atoms with Crippen LogP contribution in [0, 0.1) is 0 Å². The smallest absolute Gasteiger partial charge is 0.437 e. The molecule has 14 heteroatoms. The van der Waals surface area contributed by atoms with Crippen molar-refractivity contribution in [2.45, 2.75) is 98.0 Å². The van der Waals surface area contributed by atoms with Crippen LogP contribution in [0.5, 0.6) is 11.8 Å². The molecule has 1 atom stereocenters. The van der Waals surface area contributed by atoms with Crippen LogP contribution in [0.4, 0.5) is 9.59 Å². The fourth-order valence-electron chi connectivity index (χ4n) is 4.46. The van der Waals surface area contributed by atoms with Crippen LogP contribution in [0.3, 0.4) is 0 Å². The fraction of sp³-hybridized carbons (Fsp3) is 0.432. The Bertz CT molecular complexity index is 1720. The van der Waals surface area contributed by atoms with E-state index in [-0.39, 0.29) is 19.0 Å². The zero-order chi connectivity index (χ0) is 38.1. The minimum absolute atomic E-state index is 0.0183. The van der Waals surface area contributed by atoms with Gasteiger partial charge in [-0.2, -0.15) is 4.98 Å². The van der Waals surface area contributed by atoms with Gasteiger partial charge in [0.1, 0.15) is 22.6 Å². The first-order valence-electron chi connectivity index (χ1n) is 16.2. The molecule has 1 heterocycles. The highest BCUT2D eigenvalue weighted by atomic mass is 16.6. The molecule has 2 N–H and O–H groups in total. The second-order valence-corrected chi connectivity index (χ2v) is 14.5. The summed E-state index contributed by atoms with van der Waals surface area (Å²) < 4.78 is 27.1. The van der Waals surface area contributed by atoms with Gasteiger partial charge in [-0.15, -0.1) is 4.99 Å². The second kappa shape index (κ2) is 16.5. The van der Waals surface area contributed by atoms with Crippen molar-refractivity contribution in [3.63, 3.8) is 0 Å². The maximum atomic E-state index is 13.1. The number of aliphatic imine (C=N–C) groups is 1. The van der Waals surface area contributed by atoms with Gasteiger partial charge in [-0.05, 0) is 104 Å². The lowest BCUT2D eigenvalue weighted by Crippen LogP contribution is -2.44. The summed E-state index contributed by atoms with van der Waals surface area (Å²) in [5.41, 5.74) is 5.92. The van der Waals surface area contributed by atoms with Gasteiger partial charge in [0.05, 0.1) is 31.3 Å². The molecule has 3 aromatic rings. The second-order valence-electron chi connectivity index (χ2n) is 14.5. The van der Waals surface area contributed by atoms with E-state index in [1.54, 1.807) is 117 Å². The van der Waals surface area contributed by atoms with Gasteiger partial charge in [-0.25, -0.2) is 24.3 Å². The molecule has 0 fully saturated rings. The van der Waals surface area contributed by atoms with E-state index in [1.165, 1.54) is 13.3 Å². The number of carbonyl (C=O) groups excluding carboxylic acids is 4. The summed E-state index contributed by atoms with van der Waals surface area (Å²) in [4.78, 5) is 63.9. The first-order valence-corrected chi connectivity index (χ1v) is 16.2. The summed E-state index contributed by atoms with van der Waals surface area (Å²) in [5.74, 6) is -1.49. The Labute approximate surface area is 298 Å². The molecule has 2 amide bonds. The van der Waals surface area contributed by atoms with Crippen LogP contribution in [0.1, 0.15) is 102 Å². The topological polar surface area (TPSA) is 182 Å². The van der Waals surface area contributed by atoms with Crippen molar-refractivity contribution in [3.8, 4) is 11.8 Å². The van der Waals surface area contributed by atoms with Crippen LogP contribution in [-0.2, 0) is 30.3 Å². The molecule has 1 unspecified atom stereocenters. The molecule has 0 aliphatic carbocycles. The van der Waals surface area contributed by atoms with Gasteiger partial charge < -0.3 is 29.4 Å². The number of nitrogens with zero attached hydrogens (tertiary/aromatic N) is 4. The number of carbonyl (C=O) groups is 4. The van der Waals surface area contributed by atoms with E-state index >= 15 is 0 Å². The molecule has 0 aliphatic heterocycles. The molecule has 1 aromatic heterocycles. The highest BCUT2D eigenvalue weighted by molar-refractivity contribution is 5.98. The van der Waals surface area contributed by atoms with Gasteiger partial charge in [0, 0.05) is 12.1 Å². The molecule has 0 aliphatic rings. The van der Waals surface area contributed by atoms with Gasteiger partial charge in [-0.3, -0.25) is 4.79 Å². The maximum Gasteiger partial charge on any atom is 0.437 e. The first kappa shape index (κ1) is 39.9. The van der Waals surface area contributed by atoms with Gasteiger partial charge in [-0.1, -0.05) is 24.3 Å². The van der Waals surface area contributed by atoms with Crippen LogP contribution >= 0.6 is 0 Å². The Balaban J connectivity index is 1.86. The normalized spacial score (nSPS) is 12.7. The van der Waals surface area contributed by atoms with E-state index in [4.69, 9.17) is 29.4 Å².